The third-order valence-corrected chi connectivity index (χ3v) is 5.44. The van der Waals surface area contributed by atoms with Gasteiger partial charge in [0.05, 0.1) is 5.69 Å². The fourth-order valence-electron chi connectivity index (χ4n) is 3.94. The molecule has 2 heterocycles. The summed E-state index contributed by atoms with van der Waals surface area (Å²) in [6.07, 6.45) is 4.05. The molecule has 0 bridgehead atoms. The molecule has 3 rings (SSSR count). The maximum absolute atomic E-state index is 12.2. The van der Waals surface area contributed by atoms with Crippen LogP contribution in [0.1, 0.15) is 39.5 Å². The second-order valence-corrected chi connectivity index (χ2v) is 7.27. The van der Waals surface area contributed by atoms with E-state index in [1.54, 1.807) is 4.90 Å². The number of carbonyl (C=O) groups is 2. The van der Waals surface area contributed by atoms with Crippen LogP contribution in [0.4, 0.5) is 5.69 Å². The number of ether oxygens (including phenoxy) is 1. The van der Waals surface area contributed by atoms with E-state index in [2.05, 4.69) is 24.1 Å². The molecule has 0 aromatic heterocycles. The van der Waals surface area contributed by atoms with Crippen molar-refractivity contribution in [1.82, 2.24) is 10.2 Å². The monoisotopic (exact) mass is 359 g/mol. The van der Waals surface area contributed by atoms with Crippen LogP contribution >= 0.6 is 0 Å². The van der Waals surface area contributed by atoms with Gasteiger partial charge in [-0.1, -0.05) is 18.6 Å². The summed E-state index contributed by atoms with van der Waals surface area (Å²) in [5, 5.41) is 3.00. The number of para-hydroxylation sites is 2. The number of likely N-dealkylation sites (tertiary alicyclic amines) is 1. The number of piperidine rings is 1. The van der Waals surface area contributed by atoms with Crippen LogP contribution < -0.4 is 15.0 Å². The van der Waals surface area contributed by atoms with Gasteiger partial charge in [0.1, 0.15) is 5.75 Å². The topological polar surface area (TPSA) is 61.9 Å². The van der Waals surface area contributed by atoms with Gasteiger partial charge >= 0.3 is 0 Å². The summed E-state index contributed by atoms with van der Waals surface area (Å²) >= 11 is 0. The molecule has 0 radical (unpaired) electrons. The van der Waals surface area contributed by atoms with Gasteiger partial charge in [-0.15, -0.1) is 0 Å². The normalized spacial score (nSPS) is 23.3. The fourth-order valence-corrected chi connectivity index (χ4v) is 3.94. The van der Waals surface area contributed by atoms with E-state index in [0.717, 1.165) is 12.2 Å². The van der Waals surface area contributed by atoms with E-state index in [4.69, 9.17) is 4.74 Å². The third kappa shape index (κ3) is 4.36. The van der Waals surface area contributed by atoms with Crippen molar-refractivity contribution in [2.24, 2.45) is 0 Å². The molecular formula is C20H29N3O3. The van der Waals surface area contributed by atoms with Gasteiger partial charge in [0, 0.05) is 38.1 Å². The number of fused-ring (bicyclic) bond motifs is 1. The molecular weight excluding hydrogens is 330 g/mol. The Morgan fingerprint density at radius 3 is 2.69 bits per heavy atom. The Labute approximate surface area is 155 Å². The Hall–Kier alpha value is -2.08. The highest BCUT2D eigenvalue weighted by molar-refractivity contribution is 5.98. The predicted octanol–water partition coefficient (Wildman–Crippen LogP) is 2.18. The minimum absolute atomic E-state index is 0.0147. The summed E-state index contributed by atoms with van der Waals surface area (Å²) in [4.78, 5) is 28.5. The Balaban J connectivity index is 1.45. The van der Waals surface area contributed by atoms with Gasteiger partial charge in [0.25, 0.3) is 5.91 Å². The van der Waals surface area contributed by atoms with Crippen LogP contribution in [0.3, 0.4) is 0 Å². The Morgan fingerprint density at radius 2 is 1.92 bits per heavy atom. The maximum atomic E-state index is 12.2. The largest absolute Gasteiger partial charge is 0.482 e. The molecule has 1 N–H and O–H groups in total. The van der Waals surface area contributed by atoms with Crippen molar-refractivity contribution in [2.75, 3.05) is 31.1 Å². The van der Waals surface area contributed by atoms with Crippen LogP contribution in [0.2, 0.25) is 0 Å². The number of anilines is 1. The lowest BCUT2D eigenvalue weighted by atomic mass is 9.98. The molecule has 26 heavy (non-hydrogen) atoms. The average molecular weight is 359 g/mol. The predicted molar refractivity (Wildman–Crippen MR) is 101 cm³/mol. The molecule has 1 aromatic rings. The van der Waals surface area contributed by atoms with Crippen LogP contribution in [-0.4, -0.2) is 55.0 Å². The smallest absolute Gasteiger partial charge is 0.265 e. The number of hydrogen-bond acceptors (Lipinski definition) is 4. The Kier molecular flexibility index (Phi) is 6.14. The quantitative estimate of drug-likeness (QED) is 0.846. The highest BCUT2D eigenvalue weighted by Gasteiger charge is 2.26. The number of nitrogens with one attached hydrogen (secondary N) is 1. The van der Waals surface area contributed by atoms with Gasteiger partial charge in [-0.2, -0.15) is 0 Å². The van der Waals surface area contributed by atoms with E-state index < -0.39 is 0 Å². The molecule has 6 heteroatoms. The summed E-state index contributed by atoms with van der Waals surface area (Å²) in [6, 6.07) is 8.60. The lowest BCUT2D eigenvalue weighted by molar-refractivity contribution is -0.122. The van der Waals surface area contributed by atoms with Crippen molar-refractivity contribution in [3.8, 4) is 5.75 Å². The molecule has 1 fully saturated rings. The third-order valence-electron chi connectivity index (χ3n) is 5.44. The van der Waals surface area contributed by atoms with Crippen molar-refractivity contribution >= 4 is 17.5 Å². The SMILES string of the molecule is C[C@H]1CCC[C@H](C)N1CCNC(=O)CCN1C(=O)COc2ccccc21. The maximum Gasteiger partial charge on any atom is 0.265 e. The molecule has 1 saturated heterocycles. The van der Waals surface area contributed by atoms with Crippen LogP contribution in [0.25, 0.3) is 0 Å². The highest BCUT2D eigenvalue weighted by Crippen LogP contribution is 2.31. The minimum Gasteiger partial charge on any atom is -0.482 e. The molecule has 6 nitrogen and oxygen atoms in total. The summed E-state index contributed by atoms with van der Waals surface area (Å²) in [7, 11) is 0. The molecule has 2 atom stereocenters. The zero-order chi connectivity index (χ0) is 18.5. The summed E-state index contributed by atoms with van der Waals surface area (Å²) in [6.45, 7) is 6.47. The summed E-state index contributed by atoms with van der Waals surface area (Å²) < 4.78 is 5.43. The minimum atomic E-state index is -0.104. The first-order valence-corrected chi connectivity index (χ1v) is 9.61. The lowest BCUT2D eigenvalue weighted by Gasteiger charge is -2.39. The van der Waals surface area contributed by atoms with Gasteiger partial charge in [-0.3, -0.25) is 14.5 Å². The second kappa shape index (κ2) is 8.54. The Morgan fingerprint density at radius 1 is 1.19 bits per heavy atom. The summed E-state index contributed by atoms with van der Waals surface area (Å²) in [5.74, 6) is 0.576. The number of carbonyl (C=O) groups excluding carboxylic acids is 2. The van der Waals surface area contributed by atoms with Gasteiger partial charge in [0.2, 0.25) is 5.91 Å². The highest BCUT2D eigenvalue weighted by atomic mass is 16.5. The first-order valence-electron chi connectivity index (χ1n) is 9.61. The van der Waals surface area contributed by atoms with Crippen LogP contribution in [0.5, 0.6) is 5.75 Å². The van der Waals surface area contributed by atoms with Gasteiger partial charge in [0.15, 0.2) is 6.61 Å². The van der Waals surface area contributed by atoms with E-state index in [0.29, 0.717) is 37.3 Å². The molecule has 1 aromatic carbocycles. The molecule has 0 saturated carbocycles. The van der Waals surface area contributed by atoms with Crippen LogP contribution in [0, 0.1) is 0 Å². The summed E-state index contributed by atoms with van der Waals surface area (Å²) in [5.41, 5.74) is 0.743. The van der Waals surface area contributed by atoms with Gasteiger partial charge in [-0.25, -0.2) is 0 Å². The van der Waals surface area contributed by atoms with Crippen molar-refractivity contribution in [3.05, 3.63) is 24.3 Å². The molecule has 0 aliphatic carbocycles. The standard InChI is InChI=1S/C20H29N3O3/c1-15-6-5-7-16(2)22(15)13-11-21-19(24)10-12-23-17-8-3-4-9-18(17)26-14-20(23)25/h3-4,8-9,15-16H,5-7,10-14H2,1-2H3,(H,21,24)/t15-,16-/m0/s1. The number of rotatable bonds is 6. The lowest BCUT2D eigenvalue weighted by Crippen LogP contribution is -2.47. The zero-order valence-corrected chi connectivity index (χ0v) is 15.7. The van der Waals surface area contributed by atoms with E-state index in [-0.39, 0.29) is 18.4 Å². The number of benzene rings is 1. The van der Waals surface area contributed by atoms with Crippen molar-refractivity contribution in [3.63, 3.8) is 0 Å². The molecule has 142 valence electrons. The molecule has 2 aliphatic rings. The van der Waals surface area contributed by atoms with Gasteiger partial charge in [-0.05, 0) is 38.8 Å². The van der Waals surface area contributed by atoms with Gasteiger partial charge < -0.3 is 15.0 Å². The van der Waals surface area contributed by atoms with Crippen LogP contribution in [0.15, 0.2) is 24.3 Å². The fraction of sp³-hybridized carbons (Fsp3) is 0.600. The van der Waals surface area contributed by atoms with E-state index in [9.17, 15) is 9.59 Å². The number of hydrogen-bond donors (Lipinski definition) is 1. The second-order valence-electron chi connectivity index (χ2n) is 7.27. The van der Waals surface area contributed by atoms with E-state index >= 15 is 0 Å². The zero-order valence-electron chi connectivity index (χ0n) is 15.7. The average Bonchev–Trinajstić information content (AvgIpc) is 2.63. The van der Waals surface area contributed by atoms with E-state index in [1.165, 1.54) is 19.3 Å². The first kappa shape index (κ1) is 18.7. The number of nitrogens with zero attached hydrogens (tertiary/aromatic N) is 2. The first-order chi connectivity index (χ1) is 12.6. The van der Waals surface area contributed by atoms with E-state index in [1.807, 2.05) is 24.3 Å². The Bertz CT molecular complexity index is 639. The molecule has 2 amide bonds. The number of amides is 2. The van der Waals surface area contributed by atoms with Crippen molar-refractivity contribution in [1.29, 1.82) is 0 Å². The molecule has 0 spiro atoms. The molecule has 0 unspecified atom stereocenters. The van der Waals surface area contributed by atoms with Crippen molar-refractivity contribution < 1.29 is 14.3 Å². The van der Waals surface area contributed by atoms with Crippen molar-refractivity contribution in [2.45, 2.75) is 51.6 Å². The van der Waals surface area contributed by atoms with Crippen LogP contribution in [-0.2, 0) is 9.59 Å². The molecule has 2 aliphatic heterocycles.